The third-order valence-corrected chi connectivity index (χ3v) is 6.41. The second kappa shape index (κ2) is 7.59. The Kier molecular flexibility index (Phi) is 4.79. The van der Waals surface area contributed by atoms with Crippen LogP contribution in [-0.4, -0.2) is 13.2 Å². The second-order valence-electron chi connectivity index (χ2n) is 8.44. The molecule has 0 aliphatic heterocycles. The zero-order valence-electron chi connectivity index (χ0n) is 17.1. The lowest BCUT2D eigenvalue weighted by molar-refractivity contribution is 0.299. The van der Waals surface area contributed by atoms with E-state index in [2.05, 4.69) is 72.8 Å². The van der Waals surface area contributed by atoms with Crippen LogP contribution < -0.4 is 9.47 Å². The van der Waals surface area contributed by atoms with E-state index in [1.807, 2.05) is 6.92 Å². The molecule has 0 unspecified atom stereocenters. The van der Waals surface area contributed by atoms with Crippen LogP contribution in [0.25, 0.3) is 0 Å². The molecule has 2 aliphatic rings. The van der Waals surface area contributed by atoms with E-state index in [-0.39, 0.29) is 5.41 Å². The lowest BCUT2D eigenvalue weighted by atomic mass is 9.72. The second-order valence-corrected chi connectivity index (χ2v) is 8.44. The molecule has 1 fully saturated rings. The monoisotopic (exact) mass is 384 g/mol. The maximum Gasteiger partial charge on any atom is 0.119 e. The quantitative estimate of drug-likeness (QED) is 0.500. The molecule has 0 bridgehead atoms. The first-order valence-corrected chi connectivity index (χ1v) is 10.8. The normalized spacial score (nSPS) is 17.0. The van der Waals surface area contributed by atoms with Crippen LogP contribution in [0, 0.1) is 5.92 Å². The van der Waals surface area contributed by atoms with Gasteiger partial charge in [-0.3, -0.25) is 0 Å². The highest BCUT2D eigenvalue weighted by molar-refractivity contribution is 5.51. The van der Waals surface area contributed by atoms with Crippen molar-refractivity contribution < 1.29 is 9.47 Å². The first-order chi connectivity index (χ1) is 14.3. The smallest absolute Gasteiger partial charge is 0.119 e. The zero-order chi connectivity index (χ0) is 19.7. The Hall–Kier alpha value is -2.74. The van der Waals surface area contributed by atoms with Crippen LogP contribution in [0.1, 0.15) is 42.0 Å². The summed E-state index contributed by atoms with van der Waals surface area (Å²) < 4.78 is 11.6. The molecule has 0 atom stereocenters. The molecule has 0 radical (unpaired) electrons. The van der Waals surface area contributed by atoms with Gasteiger partial charge in [0.15, 0.2) is 0 Å². The topological polar surface area (TPSA) is 18.5 Å². The van der Waals surface area contributed by atoms with Crippen molar-refractivity contribution in [3.05, 3.63) is 95.1 Å². The summed E-state index contributed by atoms with van der Waals surface area (Å²) in [6.07, 6.45) is 4.69. The summed E-state index contributed by atoms with van der Waals surface area (Å²) in [5.74, 6) is 2.69. The molecule has 0 heterocycles. The Balaban J connectivity index is 1.49. The van der Waals surface area contributed by atoms with Crippen LogP contribution in [0.5, 0.6) is 11.5 Å². The maximum absolute atomic E-state index is 5.97. The standard InChI is InChI=1S/C27H28O2/c1-2-28-25-13-9-23(10-14-25)27(17-21-5-3-4-6-22(21)18-27)24-11-15-26(16-12-24)29-19-20-7-8-20/h3-6,9-16,20H,2,7-8,17-19H2,1H3. The molecule has 148 valence electrons. The molecule has 0 N–H and O–H groups in total. The Morgan fingerprint density at radius 1 is 0.724 bits per heavy atom. The summed E-state index contributed by atoms with van der Waals surface area (Å²) >= 11 is 0. The van der Waals surface area contributed by atoms with Gasteiger partial charge in [0.05, 0.1) is 13.2 Å². The molecule has 2 heteroatoms. The zero-order valence-corrected chi connectivity index (χ0v) is 17.1. The first kappa shape index (κ1) is 18.3. The highest BCUT2D eigenvalue weighted by Crippen LogP contribution is 2.45. The number of hydrogen-bond donors (Lipinski definition) is 0. The molecule has 0 saturated heterocycles. The molecule has 29 heavy (non-hydrogen) atoms. The van der Waals surface area contributed by atoms with Gasteiger partial charge in [0.1, 0.15) is 11.5 Å². The van der Waals surface area contributed by atoms with Gasteiger partial charge in [-0.15, -0.1) is 0 Å². The van der Waals surface area contributed by atoms with Gasteiger partial charge < -0.3 is 9.47 Å². The molecular formula is C27H28O2. The summed E-state index contributed by atoms with van der Waals surface area (Å²) in [5, 5.41) is 0. The van der Waals surface area contributed by atoms with E-state index in [0.29, 0.717) is 6.61 Å². The number of hydrogen-bond acceptors (Lipinski definition) is 2. The number of ether oxygens (including phenoxy) is 2. The van der Waals surface area contributed by atoms with E-state index in [4.69, 9.17) is 9.47 Å². The van der Waals surface area contributed by atoms with Crippen molar-refractivity contribution in [1.29, 1.82) is 0 Å². The van der Waals surface area contributed by atoms with Gasteiger partial charge >= 0.3 is 0 Å². The predicted octanol–water partition coefficient (Wildman–Crippen LogP) is 5.96. The highest BCUT2D eigenvalue weighted by atomic mass is 16.5. The van der Waals surface area contributed by atoms with Crippen molar-refractivity contribution in [2.24, 2.45) is 5.92 Å². The van der Waals surface area contributed by atoms with E-state index in [1.165, 1.54) is 35.1 Å². The van der Waals surface area contributed by atoms with Crippen molar-refractivity contribution in [3.8, 4) is 11.5 Å². The summed E-state index contributed by atoms with van der Waals surface area (Å²) in [5.41, 5.74) is 5.58. The van der Waals surface area contributed by atoms with Gasteiger partial charge in [-0.25, -0.2) is 0 Å². The summed E-state index contributed by atoms with van der Waals surface area (Å²) in [6, 6.07) is 26.4. The Labute approximate surface area is 173 Å². The molecule has 3 aromatic carbocycles. The van der Waals surface area contributed by atoms with Crippen LogP contribution in [-0.2, 0) is 18.3 Å². The molecule has 5 rings (SSSR count). The van der Waals surface area contributed by atoms with Crippen LogP contribution in [0.4, 0.5) is 0 Å². The fraction of sp³-hybridized carbons (Fsp3) is 0.333. The molecule has 2 nitrogen and oxygen atoms in total. The Morgan fingerprint density at radius 2 is 1.24 bits per heavy atom. The van der Waals surface area contributed by atoms with Crippen molar-refractivity contribution >= 4 is 0 Å². The molecule has 0 spiro atoms. The number of rotatable bonds is 7. The van der Waals surface area contributed by atoms with Gasteiger partial charge in [-0.2, -0.15) is 0 Å². The first-order valence-electron chi connectivity index (χ1n) is 10.8. The molecular weight excluding hydrogens is 356 g/mol. The maximum atomic E-state index is 5.97. The Morgan fingerprint density at radius 3 is 1.72 bits per heavy atom. The van der Waals surface area contributed by atoms with Gasteiger partial charge in [0.25, 0.3) is 0 Å². The largest absolute Gasteiger partial charge is 0.494 e. The lowest BCUT2D eigenvalue weighted by Gasteiger charge is -2.31. The number of benzene rings is 3. The third-order valence-electron chi connectivity index (χ3n) is 6.41. The fourth-order valence-electron chi connectivity index (χ4n) is 4.60. The van der Waals surface area contributed by atoms with Gasteiger partial charge in [0.2, 0.25) is 0 Å². The minimum atomic E-state index is -0.0382. The van der Waals surface area contributed by atoms with Gasteiger partial charge in [-0.1, -0.05) is 48.5 Å². The molecule has 0 amide bonds. The Bertz CT molecular complexity index is 943. The SMILES string of the molecule is CCOc1ccc(C2(c3ccc(OCC4CC4)cc3)Cc3ccccc3C2)cc1. The van der Waals surface area contributed by atoms with Crippen molar-refractivity contribution in [2.75, 3.05) is 13.2 Å². The van der Waals surface area contributed by atoms with E-state index in [1.54, 1.807) is 0 Å². The van der Waals surface area contributed by atoms with Crippen LogP contribution in [0.15, 0.2) is 72.8 Å². The van der Waals surface area contributed by atoms with E-state index >= 15 is 0 Å². The number of fused-ring (bicyclic) bond motifs is 1. The van der Waals surface area contributed by atoms with Crippen molar-refractivity contribution in [2.45, 2.75) is 38.0 Å². The summed E-state index contributed by atoms with van der Waals surface area (Å²) in [4.78, 5) is 0. The predicted molar refractivity (Wildman–Crippen MR) is 117 cm³/mol. The molecule has 0 aromatic heterocycles. The van der Waals surface area contributed by atoms with E-state index in [9.17, 15) is 0 Å². The van der Waals surface area contributed by atoms with Gasteiger partial charge in [0, 0.05) is 5.41 Å². The average molecular weight is 385 g/mol. The fourth-order valence-corrected chi connectivity index (χ4v) is 4.60. The average Bonchev–Trinajstić information content (AvgIpc) is 3.51. The van der Waals surface area contributed by atoms with Crippen LogP contribution >= 0.6 is 0 Å². The lowest BCUT2D eigenvalue weighted by Crippen LogP contribution is -2.28. The van der Waals surface area contributed by atoms with E-state index < -0.39 is 0 Å². The molecule has 2 aliphatic carbocycles. The summed E-state index contributed by atoms with van der Waals surface area (Å²) in [6.45, 7) is 3.57. The van der Waals surface area contributed by atoms with Gasteiger partial charge in [-0.05, 0) is 85.0 Å². The molecule has 1 saturated carbocycles. The third kappa shape index (κ3) is 3.64. The highest BCUT2D eigenvalue weighted by Gasteiger charge is 2.40. The van der Waals surface area contributed by atoms with Crippen molar-refractivity contribution in [1.82, 2.24) is 0 Å². The summed E-state index contributed by atoms with van der Waals surface area (Å²) in [7, 11) is 0. The minimum Gasteiger partial charge on any atom is -0.494 e. The molecule has 3 aromatic rings. The minimum absolute atomic E-state index is 0.0382. The van der Waals surface area contributed by atoms with Crippen molar-refractivity contribution in [3.63, 3.8) is 0 Å². The van der Waals surface area contributed by atoms with E-state index in [0.717, 1.165) is 36.9 Å². The van der Waals surface area contributed by atoms with Crippen LogP contribution in [0.3, 0.4) is 0 Å². The van der Waals surface area contributed by atoms with Crippen LogP contribution in [0.2, 0.25) is 0 Å².